The molecule has 1 aromatic rings. The van der Waals surface area contributed by atoms with Crippen LogP contribution in [0, 0.1) is 10.1 Å². The van der Waals surface area contributed by atoms with Gasteiger partial charge >= 0.3 is 0 Å². The van der Waals surface area contributed by atoms with Gasteiger partial charge in [-0.1, -0.05) is 59.2 Å². The summed E-state index contributed by atoms with van der Waals surface area (Å²) in [5, 5.41) is 10.3. The van der Waals surface area contributed by atoms with Gasteiger partial charge in [-0.25, -0.2) is 18.5 Å². The van der Waals surface area contributed by atoms with Gasteiger partial charge in [0.15, 0.2) is 5.03 Å². The zero-order chi connectivity index (χ0) is 19.8. The highest BCUT2D eigenvalue weighted by atomic mass is 32.2. The maximum atomic E-state index is 13.4. The van der Waals surface area contributed by atoms with Crippen molar-refractivity contribution in [3.05, 3.63) is 50.2 Å². The number of hydrazine groups is 3. The number of sulfone groups is 1. The van der Waals surface area contributed by atoms with E-state index < -0.39 is 19.9 Å². The molecule has 0 bridgehead atoms. The summed E-state index contributed by atoms with van der Waals surface area (Å²) in [5.74, 6) is 0.136. The van der Waals surface area contributed by atoms with Crippen molar-refractivity contribution in [2.24, 2.45) is 0 Å². The Balaban J connectivity index is 2.80. The largest absolute Gasteiger partial charge is 0.303 e. The maximum Gasteiger partial charge on any atom is 0.240 e. The maximum absolute atomic E-state index is 13.4. The molecule has 8 nitrogen and oxygen atoms in total. The molecule has 0 aliphatic carbocycles. The Hall–Kier alpha value is -2.13. The van der Waals surface area contributed by atoms with Crippen molar-refractivity contribution >= 4 is 9.84 Å². The second-order valence-electron chi connectivity index (χ2n) is 7.28. The summed E-state index contributed by atoms with van der Waals surface area (Å²) in [6, 6.07) is 3.81. The molecule has 0 atom stereocenters. The van der Waals surface area contributed by atoms with E-state index >= 15 is 0 Å². The number of nitrogens with one attached hydrogen (secondary N) is 2. The summed E-state index contributed by atoms with van der Waals surface area (Å²) >= 11 is 0. The number of rotatable bonds is 6. The molecule has 1 aromatic carbocycles. The standard InChI is InChI=1S/C17H26N4O4S/c1-10(2)13-7-14(11(3)4)17(15(8-13)12(5)6)26(24,25)16-9-18-19-20(16)21(22)23/h7-12,18-19H,1-6H3. The number of hydrogen-bond donors (Lipinski definition) is 2. The van der Waals surface area contributed by atoms with E-state index in [1.165, 1.54) is 0 Å². The van der Waals surface area contributed by atoms with E-state index in [1.807, 2.05) is 39.8 Å². The third kappa shape index (κ3) is 3.54. The fraction of sp³-hybridized carbons (Fsp3) is 0.529. The second kappa shape index (κ2) is 7.24. The minimum Gasteiger partial charge on any atom is -0.303 e. The fourth-order valence-electron chi connectivity index (χ4n) is 2.89. The molecule has 2 rings (SSSR count). The zero-order valence-electron chi connectivity index (χ0n) is 15.9. The van der Waals surface area contributed by atoms with E-state index in [2.05, 4.69) is 24.8 Å². The fourth-order valence-corrected chi connectivity index (χ4v) is 4.86. The van der Waals surface area contributed by atoms with Gasteiger partial charge in [0.2, 0.25) is 14.9 Å². The third-order valence-corrected chi connectivity index (χ3v) is 6.21. The molecule has 144 valence electrons. The molecule has 1 aliphatic heterocycles. The molecule has 0 aromatic heterocycles. The number of nitro groups is 1. The van der Waals surface area contributed by atoms with Crippen molar-refractivity contribution in [3.8, 4) is 0 Å². The van der Waals surface area contributed by atoms with Crippen molar-refractivity contribution < 1.29 is 13.5 Å². The molecule has 0 saturated heterocycles. The minimum absolute atomic E-state index is 0.0528. The predicted molar refractivity (Wildman–Crippen MR) is 99.1 cm³/mol. The van der Waals surface area contributed by atoms with E-state index in [-0.39, 0.29) is 22.6 Å². The van der Waals surface area contributed by atoms with Crippen molar-refractivity contribution in [1.29, 1.82) is 0 Å². The van der Waals surface area contributed by atoms with Gasteiger partial charge in [-0.15, -0.1) is 0 Å². The molecular weight excluding hydrogens is 356 g/mol. The van der Waals surface area contributed by atoms with Crippen LogP contribution in [0.2, 0.25) is 0 Å². The first-order valence-electron chi connectivity index (χ1n) is 8.57. The number of nitrogens with zero attached hydrogens (tertiary/aromatic N) is 2. The van der Waals surface area contributed by atoms with Crippen LogP contribution in [0.15, 0.2) is 28.3 Å². The van der Waals surface area contributed by atoms with Crippen LogP contribution in [-0.4, -0.2) is 18.6 Å². The second-order valence-corrected chi connectivity index (χ2v) is 9.12. The normalized spacial score (nSPS) is 15.0. The van der Waals surface area contributed by atoms with Crippen LogP contribution in [0.25, 0.3) is 0 Å². The molecule has 0 unspecified atom stereocenters. The monoisotopic (exact) mass is 382 g/mol. The van der Waals surface area contributed by atoms with Gasteiger partial charge < -0.3 is 5.43 Å². The Labute approximate surface area is 154 Å². The van der Waals surface area contributed by atoms with E-state index in [4.69, 9.17) is 0 Å². The Bertz CT molecular complexity index is 815. The van der Waals surface area contributed by atoms with Gasteiger partial charge in [-0.2, -0.15) is 0 Å². The summed E-state index contributed by atoms with van der Waals surface area (Å²) in [4.78, 5) is 11.4. The lowest BCUT2D eigenvalue weighted by Crippen LogP contribution is -2.43. The molecule has 9 heteroatoms. The quantitative estimate of drug-likeness (QED) is 0.575. The summed E-state index contributed by atoms with van der Waals surface area (Å²) in [6.07, 6.45) is 1.10. The lowest BCUT2D eigenvalue weighted by molar-refractivity contribution is -0.655. The first-order valence-corrected chi connectivity index (χ1v) is 10.0. The zero-order valence-corrected chi connectivity index (χ0v) is 16.7. The summed E-state index contributed by atoms with van der Waals surface area (Å²) in [7, 11) is -4.11. The summed E-state index contributed by atoms with van der Waals surface area (Å²) < 4.78 is 26.8. The van der Waals surface area contributed by atoms with E-state index in [0.717, 1.165) is 11.8 Å². The van der Waals surface area contributed by atoms with Crippen LogP contribution < -0.4 is 11.0 Å². The SMILES string of the molecule is CC(C)c1cc(C(C)C)c(S(=O)(=O)C2=CNNN2[N+](=O)[O-])c(C(C)C)c1. The van der Waals surface area contributed by atoms with Crippen LogP contribution in [0.1, 0.15) is 76.0 Å². The van der Waals surface area contributed by atoms with Gasteiger partial charge in [0.25, 0.3) is 0 Å². The van der Waals surface area contributed by atoms with Crippen LogP contribution in [-0.2, 0) is 9.84 Å². The summed E-state index contributed by atoms with van der Waals surface area (Å²) in [6.45, 7) is 11.8. The molecule has 1 aliphatic rings. The highest BCUT2D eigenvalue weighted by molar-refractivity contribution is 7.95. The van der Waals surface area contributed by atoms with Crippen molar-refractivity contribution in [1.82, 2.24) is 16.1 Å². The molecule has 1 heterocycles. The van der Waals surface area contributed by atoms with E-state index in [1.54, 1.807) is 0 Å². The van der Waals surface area contributed by atoms with Crippen LogP contribution in [0.5, 0.6) is 0 Å². The molecule has 0 amide bonds. The molecule has 26 heavy (non-hydrogen) atoms. The Kier molecular flexibility index (Phi) is 5.62. The van der Waals surface area contributed by atoms with Gasteiger partial charge in [0.05, 0.1) is 11.1 Å². The van der Waals surface area contributed by atoms with Crippen molar-refractivity contribution in [3.63, 3.8) is 0 Å². The van der Waals surface area contributed by atoms with E-state index in [0.29, 0.717) is 16.2 Å². The first kappa shape index (κ1) is 20.2. The van der Waals surface area contributed by atoms with Crippen molar-refractivity contribution in [2.45, 2.75) is 64.2 Å². The molecule has 2 N–H and O–H groups in total. The van der Waals surface area contributed by atoms with Crippen LogP contribution >= 0.6 is 0 Å². The predicted octanol–water partition coefficient (Wildman–Crippen LogP) is 3.15. The van der Waals surface area contributed by atoms with Crippen molar-refractivity contribution in [2.75, 3.05) is 0 Å². The topological polar surface area (TPSA) is 105 Å². The lowest BCUT2D eigenvalue weighted by atomic mass is 9.89. The van der Waals surface area contributed by atoms with Gasteiger partial charge in [-0.05, 0) is 34.4 Å². The Morgan fingerprint density at radius 2 is 1.50 bits per heavy atom. The van der Waals surface area contributed by atoms with Gasteiger partial charge in [0, 0.05) is 5.12 Å². The molecule has 0 saturated carbocycles. The average molecular weight is 382 g/mol. The van der Waals surface area contributed by atoms with Gasteiger partial charge in [0.1, 0.15) is 0 Å². The Morgan fingerprint density at radius 3 is 1.88 bits per heavy atom. The molecule has 0 fully saturated rings. The van der Waals surface area contributed by atoms with Crippen LogP contribution in [0.4, 0.5) is 0 Å². The summed E-state index contributed by atoms with van der Waals surface area (Å²) in [5.41, 5.74) is 7.03. The molecular formula is C17H26N4O4S. The minimum atomic E-state index is -4.11. The third-order valence-electron chi connectivity index (χ3n) is 4.36. The Morgan fingerprint density at radius 1 is 1.00 bits per heavy atom. The smallest absolute Gasteiger partial charge is 0.240 e. The van der Waals surface area contributed by atoms with Gasteiger partial charge in [-0.3, -0.25) is 0 Å². The van der Waals surface area contributed by atoms with Crippen LogP contribution in [0.3, 0.4) is 0 Å². The highest BCUT2D eigenvalue weighted by Crippen LogP contribution is 2.38. The molecule has 0 radical (unpaired) electrons. The average Bonchev–Trinajstić information content (AvgIpc) is 3.03. The highest BCUT2D eigenvalue weighted by Gasteiger charge is 2.40. The lowest BCUT2D eigenvalue weighted by Gasteiger charge is -2.23. The first-order chi connectivity index (χ1) is 12.0. The molecule has 0 spiro atoms. The number of benzene rings is 1. The van der Waals surface area contributed by atoms with E-state index in [9.17, 15) is 18.5 Å². The number of hydrogen-bond acceptors (Lipinski definition) is 6.